The molecule has 2 aliphatic heterocycles. The lowest BCUT2D eigenvalue weighted by Gasteiger charge is -2.42. The first-order chi connectivity index (χ1) is 12.2. The molecule has 0 radical (unpaired) electrons. The molecule has 0 spiro atoms. The van der Waals surface area contributed by atoms with E-state index in [0.717, 1.165) is 58.5 Å². The third-order valence-corrected chi connectivity index (χ3v) is 6.34. The third-order valence-electron chi connectivity index (χ3n) is 6.34. The minimum atomic E-state index is 0.308. The second-order valence-electron chi connectivity index (χ2n) is 8.20. The Labute approximate surface area is 150 Å². The number of imidazole rings is 1. The van der Waals surface area contributed by atoms with E-state index in [9.17, 15) is 4.79 Å². The van der Waals surface area contributed by atoms with Crippen molar-refractivity contribution in [2.24, 2.45) is 11.8 Å². The average molecular weight is 345 g/mol. The number of carbonyl (C=O) groups excluding carboxylic acids is 1. The van der Waals surface area contributed by atoms with Crippen LogP contribution in [0.3, 0.4) is 0 Å². The van der Waals surface area contributed by atoms with Gasteiger partial charge in [-0.2, -0.15) is 0 Å². The van der Waals surface area contributed by atoms with Crippen LogP contribution in [0.5, 0.6) is 0 Å². The van der Waals surface area contributed by atoms with E-state index in [1.165, 1.54) is 30.8 Å². The summed E-state index contributed by atoms with van der Waals surface area (Å²) in [7, 11) is 0. The molecule has 3 aliphatic rings. The number of hydrogen-bond acceptors (Lipinski definition) is 3. The Hall–Kier alpha value is -1.36. The highest BCUT2D eigenvalue weighted by Gasteiger charge is 2.35. The van der Waals surface area contributed by atoms with Crippen LogP contribution in [0.2, 0.25) is 0 Å². The number of nitrogens with zero attached hydrogens (tertiary/aromatic N) is 3. The SMILES string of the molecule is Cc1cnc(C2CCOCC2)n1CC1CN(C(=O)C2CCCCC2)C1. The summed E-state index contributed by atoms with van der Waals surface area (Å²) in [6, 6.07) is 0. The Morgan fingerprint density at radius 3 is 2.60 bits per heavy atom. The highest BCUT2D eigenvalue weighted by molar-refractivity contribution is 5.79. The molecule has 1 aromatic rings. The Bertz CT molecular complexity index is 594. The van der Waals surface area contributed by atoms with Crippen molar-refractivity contribution in [3.63, 3.8) is 0 Å². The van der Waals surface area contributed by atoms with Gasteiger partial charge in [0.25, 0.3) is 0 Å². The van der Waals surface area contributed by atoms with Crippen LogP contribution >= 0.6 is 0 Å². The molecule has 0 atom stereocenters. The number of carbonyl (C=O) groups is 1. The number of aromatic nitrogens is 2. The van der Waals surface area contributed by atoms with E-state index in [0.29, 0.717) is 23.7 Å². The lowest BCUT2D eigenvalue weighted by Crippen LogP contribution is -2.53. The molecule has 138 valence electrons. The predicted octanol–water partition coefficient (Wildman–Crippen LogP) is 3.12. The fourth-order valence-corrected chi connectivity index (χ4v) is 4.73. The molecule has 25 heavy (non-hydrogen) atoms. The zero-order valence-electron chi connectivity index (χ0n) is 15.5. The molecule has 5 heteroatoms. The van der Waals surface area contributed by atoms with Gasteiger partial charge in [-0.25, -0.2) is 4.98 Å². The highest BCUT2D eigenvalue weighted by Crippen LogP contribution is 2.31. The smallest absolute Gasteiger partial charge is 0.225 e. The summed E-state index contributed by atoms with van der Waals surface area (Å²) in [6.45, 7) is 6.72. The summed E-state index contributed by atoms with van der Waals surface area (Å²) in [5, 5.41) is 0. The van der Waals surface area contributed by atoms with E-state index in [1.54, 1.807) is 0 Å². The van der Waals surface area contributed by atoms with E-state index < -0.39 is 0 Å². The zero-order valence-corrected chi connectivity index (χ0v) is 15.5. The average Bonchev–Trinajstić information content (AvgIpc) is 2.99. The number of likely N-dealkylation sites (tertiary alicyclic amines) is 1. The second-order valence-corrected chi connectivity index (χ2v) is 8.20. The maximum atomic E-state index is 12.6. The maximum Gasteiger partial charge on any atom is 0.225 e. The molecule has 0 bridgehead atoms. The van der Waals surface area contributed by atoms with Crippen molar-refractivity contribution in [2.45, 2.75) is 64.3 Å². The number of hydrogen-bond donors (Lipinski definition) is 0. The minimum absolute atomic E-state index is 0.308. The molecule has 1 aromatic heterocycles. The number of aryl methyl sites for hydroxylation is 1. The van der Waals surface area contributed by atoms with Crippen molar-refractivity contribution >= 4 is 5.91 Å². The molecule has 2 saturated heterocycles. The normalized spacial score (nSPS) is 23.6. The van der Waals surface area contributed by atoms with Gasteiger partial charge in [0.2, 0.25) is 5.91 Å². The van der Waals surface area contributed by atoms with Crippen LogP contribution in [0.4, 0.5) is 0 Å². The summed E-state index contributed by atoms with van der Waals surface area (Å²) in [4.78, 5) is 19.4. The summed E-state index contributed by atoms with van der Waals surface area (Å²) >= 11 is 0. The fourth-order valence-electron chi connectivity index (χ4n) is 4.73. The molecular weight excluding hydrogens is 314 g/mol. The van der Waals surface area contributed by atoms with Gasteiger partial charge in [-0.3, -0.25) is 4.79 Å². The van der Waals surface area contributed by atoms with Crippen LogP contribution in [0.15, 0.2) is 6.20 Å². The van der Waals surface area contributed by atoms with Gasteiger partial charge < -0.3 is 14.2 Å². The molecule has 1 amide bonds. The standard InChI is InChI=1S/C20H31N3O2/c1-15-11-21-19(17-7-9-25-10-8-17)23(15)14-16-12-22(13-16)20(24)18-5-3-2-4-6-18/h11,16-18H,2-10,12-14H2,1H3. The molecule has 1 saturated carbocycles. The molecule has 1 aliphatic carbocycles. The summed E-state index contributed by atoms with van der Waals surface area (Å²) in [5.41, 5.74) is 1.25. The molecule has 4 rings (SSSR count). The Kier molecular flexibility index (Phi) is 5.11. The van der Waals surface area contributed by atoms with Crippen molar-refractivity contribution in [3.8, 4) is 0 Å². The first kappa shape index (κ1) is 17.1. The molecule has 3 heterocycles. The van der Waals surface area contributed by atoms with E-state index >= 15 is 0 Å². The highest BCUT2D eigenvalue weighted by atomic mass is 16.5. The van der Waals surface area contributed by atoms with Gasteiger partial charge in [0, 0.05) is 62.5 Å². The molecule has 5 nitrogen and oxygen atoms in total. The Balaban J connectivity index is 1.33. The van der Waals surface area contributed by atoms with E-state index in [2.05, 4.69) is 16.4 Å². The second kappa shape index (κ2) is 7.48. The van der Waals surface area contributed by atoms with E-state index in [4.69, 9.17) is 9.72 Å². The first-order valence-corrected chi connectivity index (χ1v) is 10.1. The number of ether oxygens (including phenoxy) is 1. The van der Waals surface area contributed by atoms with Gasteiger partial charge in [0.1, 0.15) is 5.82 Å². The van der Waals surface area contributed by atoms with Crippen LogP contribution < -0.4 is 0 Å². The van der Waals surface area contributed by atoms with Gasteiger partial charge in [-0.05, 0) is 32.6 Å². The van der Waals surface area contributed by atoms with Crippen LogP contribution in [-0.4, -0.2) is 46.7 Å². The molecule has 0 N–H and O–H groups in total. The van der Waals surface area contributed by atoms with Crippen LogP contribution in [0.25, 0.3) is 0 Å². The molecular formula is C20H31N3O2. The van der Waals surface area contributed by atoms with Crippen LogP contribution in [-0.2, 0) is 16.1 Å². The summed E-state index contributed by atoms with van der Waals surface area (Å²) in [6.07, 6.45) is 10.1. The summed E-state index contributed by atoms with van der Waals surface area (Å²) < 4.78 is 7.90. The van der Waals surface area contributed by atoms with Crippen molar-refractivity contribution < 1.29 is 9.53 Å². The van der Waals surface area contributed by atoms with Gasteiger partial charge in [-0.1, -0.05) is 19.3 Å². The van der Waals surface area contributed by atoms with Crippen molar-refractivity contribution in [1.82, 2.24) is 14.5 Å². The van der Waals surface area contributed by atoms with Crippen LogP contribution in [0, 0.1) is 18.8 Å². The van der Waals surface area contributed by atoms with Gasteiger partial charge in [0.05, 0.1) is 0 Å². The Morgan fingerprint density at radius 2 is 1.88 bits per heavy atom. The summed E-state index contributed by atoms with van der Waals surface area (Å²) in [5.74, 6) is 3.07. The fraction of sp³-hybridized carbons (Fsp3) is 0.800. The third kappa shape index (κ3) is 3.62. The monoisotopic (exact) mass is 345 g/mol. The van der Waals surface area contributed by atoms with Gasteiger partial charge in [0.15, 0.2) is 0 Å². The quantitative estimate of drug-likeness (QED) is 0.842. The number of amides is 1. The molecule has 0 aromatic carbocycles. The van der Waals surface area contributed by atoms with Crippen molar-refractivity contribution in [3.05, 3.63) is 17.7 Å². The first-order valence-electron chi connectivity index (χ1n) is 10.1. The van der Waals surface area contributed by atoms with Crippen LogP contribution in [0.1, 0.15) is 62.4 Å². The lowest BCUT2D eigenvalue weighted by molar-refractivity contribution is -0.143. The molecule has 0 unspecified atom stereocenters. The Morgan fingerprint density at radius 1 is 1.16 bits per heavy atom. The lowest BCUT2D eigenvalue weighted by atomic mass is 9.86. The largest absolute Gasteiger partial charge is 0.381 e. The predicted molar refractivity (Wildman–Crippen MR) is 96.4 cm³/mol. The number of rotatable bonds is 4. The zero-order chi connectivity index (χ0) is 17.2. The van der Waals surface area contributed by atoms with Crippen molar-refractivity contribution in [2.75, 3.05) is 26.3 Å². The van der Waals surface area contributed by atoms with Gasteiger partial charge >= 0.3 is 0 Å². The minimum Gasteiger partial charge on any atom is -0.381 e. The van der Waals surface area contributed by atoms with E-state index in [-0.39, 0.29) is 0 Å². The maximum absolute atomic E-state index is 12.6. The topological polar surface area (TPSA) is 47.4 Å². The molecule has 3 fully saturated rings. The van der Waals surface area contributed by atoms with Crippen molar-refractivity contribution in [1.29, 1.82) is 0 Å². The van der Waals surface area contributed by atoms with E-state index in [1.807, 2.05) is 6.20 Å². The van der Waals surface area contributed by atoms with Gasteiger partial charge in [-0.15, -0.1) is 0 Å².